The van der Waals surface area contributed by atoms with Crippen LogP contribution in [0.25, 0.3) is 11.5 Å². The van der Waals surface area contributed by atoms with Gasteiger partial charge in [-0.2, -0.15) is 4.98 Å². The number of nitrogens with zero attached hydrogens (tertiary/aromatic N) is 2. The molecule has 0 saturated carbocycles. The zero-order valence-corrected chi connectivity index (χ0v) is 11.6. The molecule has 1 aliphatic heterocycles. The number of rotatable bonds is 2. The molecule has 5 heteroatoms. The molecule has 0 aliphatic carbocycles. The zero-order chi connectivity index (χ0) is 13.2. The predicted molar refractivity (Wildman–Crippen MR) is 74.3 cm³/mol. The Labute approximate surface area is 117 Å². The van der Waals surface area contributed by atoms with Crippen molar-refractivity contribution < 1.29 is 4.52 Å². The lowest BCUT2D eigenvalue weighted by Crippen LogP contribution is -2.27. The van der Waals surface area contributed by atoms with E-state index >= 15 is 0 Å². The van der Waals surface area contributed by atoms with Crippen LogP contribution in [0.2, 0.25) is 5.02 Å². The normalized spacial score (nSPS) is 16.7. The van der Waals surface area contributed by atoms with Crippen LogP contribution < -0.4 is 5.32 Å². The van der Waals surface area contributed by atoms with Crippen molar-refractivity contribution in [3.05, 3.63) is 34.6 Å². The number of hydrogen-bond acceptors (Lipinski definition) is 4. The summed E-state index contributed by atoms with van der Waals surface area (Å²) < 4.78 is 5.36. The monoisotopic (exact) mass is 277 g/mol. The summed E-state index contributed by atoms with van der Waals surface area (Å²) >= 11 is 6.22. The van der Waals surface area contributed by atoms with Crippen molar-refractivity contribution in [1.29, 1.82) is 0 Å². The maximum Gasteiger partial charge on any atom is 0.259 e. The topological polar surface area (TPSA) is 51.0 Å². The third-order valence-corrected chi connectivity index (χ3v) is 3.81. The van der Waals surface area contributed by atoms with Crippen molar-refractivity contribution in [2.45, 2.75) is 25.7 Å². The summed E-state index contributed by atoms with van der Waals surface area (Å²) in [4.78, 5) is 4.50. The molecule has 3 rings (SSSR count). The van der Waals surface area contributed by atoms with E-state index in [1.54, 1.807) is 0 Å². The van der Waals surface area contributed by atoms with Crippen LogP contribution in [0.15, 0.2) is 22.7 Å². The molecular weight excluding hydrogens is 262 g/mol. The number of hydrogen-bond donors (Lipinski definition) is 1. The zero-order valence-electron chi connectivity index (χ0n) is 10.8. The largest absolute Gasteiger partial charge is 0.334 e. The molecule has 1 aliphatic rings. The Morgan fingerprint density at radius 3 is 2.84 bits per heavy atom. The predicted octanol–water partition coefficient (Wildman–Crippen LogP) is 3.17. The molecule has 0 radical (unpaired) electrons. The van der Waals surface area contributed by atoms with Gasteiger partial charge in [0.2, 0.25) is 0 Å². The molecule has 2 heterocycles. The summed E-state index contributed by atoms with van der Waals surface area (Å²) in [7, 11) is 0. The van der Waals surface area contributed by atoms with Gasteiger partial charge in [0.25, 0.3) is 5.89 Å². The molecule has 1 N–H and O–H groups in total. The lowest BCUT2D eigenvalue weighted by Gasteiger charge is -2.18. The Hall–Kier alpha value is -1.39. The van der Waals surface area contributed by atoms with E-state index in [4.69, 9.17) is 16.1 Å². The summed E-state index contributed by atoms with van der Waals surface area (Å²) in [5.74, 6) is 1.70. The average molecular weight is 278 g/mol. The minimum atomic E-state index is 0.392. The number of nitrogens with one attached hydrogen (secondary N) is 1. The van der Waals surface area contributed by atoms with Gasteiger partial charge in [0.05, 0.1) is 10.6 Å². The molecule has 0 spiro atoms. The molecule has 0 bridgehead atoms. The molecule has 0 unspecified atom stereocenters. The summed E-state index contributed by atoms with van der Waals surface area (Å²) in [6.45, 7) is 4.03. The van der Waals surface area contributed by atoms with Gasteiger partial charge in [-0.15, -0.1) is 0 Å². The number of benzene rings is 1. The standard InChI is InChI=1S/C14H16ClN3O/c1-9-2-3-11(12(15)8-9)14-17-13(18-19-14)10-4-6-16-7-5-10/h2-3,8,10,16H,4-7H2,1H3. The van der Waals surface area contributed by atoms with E-state index in [9.17, 15) is 0 Å². The lowest BCUT2D eigenvalue weighted by atomic mass is 9.98. The molecule has 4 nitrogen and oxygen atoms in total. The van der Waals surface area contributed by atoms with Crippen molar-refractivity contribution >= 4 is 11.6 Å². The van der Waals surface area contributed by atoms with E-state index in [0.29, 0.717) is 16.8 Å². The first-order valence-electron chi connectivity index (χ1n) is 6.55. The van der Waals surface area contributed by atoms with Crippen LogP contribution in [0, 0.1) is 6.92 Å². The number of halogens is 1. The average Bonchev–Trinajstić information content (AvgIpc) is 2.89. The highest BCUT2D eigenvalue weighted by Crippen LogP contribution is 2.30. The van der Waals surface area contributed by atoms with Crippen molar-refractivity contribution in [2.75, 3.05) is 13.1 Å². The summed E-state index contributed by atoms with van der Waals surface area (Å²) in [5.41, 5.74) is 1.92. The van der Waals surface area contributed by atoms with E-state index < -0.39 is 0 Å². The van der Waals surface area contributed by atoms with Gasteiger partial charge in [0.1, 0.15) is 0 Å². The minimum absolute atomic E-state index is 0.392. The van der Waals surface area contributed by atoms with Crippen LogP contribution in [-0.2, 0) is 0 Å². The highest BCUT2D eigenvalue weighted by Gasteiger charge is 2.21. The van der Waals surface area contributed by atoms with Gasteiger partial charge in [-0.25, -0.2) is 0 Å². The van der Waals surface area contributed by atoms with Crippen molar-refractivity contribution in [2.24, 2.45) is 0 Å². The van der Waals surface area contributed by atoms with Crippen LogP contribution in [0.5, 0.6) is 0 Å². The summed E-state index contributed by atoms with van der Waals surface area (Å²) in [6, 6.07) is 5.83. The fraction of sp³-hybridized carbons (Fsp3) is 0.429. The van der Waals surface area contributed by atoms with Crippen LogP contribution >= 0.6 is 11.6 Å². The quantitative estimate of drug-likeness (QED) is 0.916. The Balaban J connectivity index is 1.87. The smallest absolute Gasteiger partial charge is 0.259 e. The fourth-order valence-corrected chi connectivity index (χ4v) is 2.70. The van der Waals surface area contributed by atoms with Gasteiger partial charge in [0.15, 0.2) is 5.82 Å². The number of piperidine rings is 1. The Bertz CT molecular complexity index is 576. The van der Waals surface area contributed by atoms with E-state index in [-0.39, 0.29) is 0 Å². The van der Waals surface area contributed by atoms with E-state index in [0.717, 1.165) is 42.9 Å². The second-order valence-electron chi connectivity index (χ2n) is 4.97. The third kappa shape index (κ3) is 2.65. The second kappa shape index (κ2) is 5.31. The first-order chi connectivity index (χ1) is 9.24. The van der Waals surface area contributed by atoms with Gasteiger partial charge in [0, 0.05) is 5.92 Å². The molecule has 19 heavy (non-hydrogen) atoms. The Kier molecular flexibility index (Phi) is 3.53. The SMILES string of the molecule is Cc1ccc(-c2nc(C3CCNCC3)no2)c(Cl)c1. The van der Waals surface area contributed by atoms with E-state index in [1.165, 1.54) is 0 Å². The van der Waals surface area contributed by atoms with Crippen LogP contribution in [0.4, 0.5) is 0 Å². The van der Waals surface area contributed by atoms with E-state index in [1.807, 2.05) is 25.1 Å². The minimum Gasteiger partial charge on any atom is -0.334 e. The highest BCUT2D eigenvalue weighted by molar-refractivity contribution is 6.33. The van der Waals surface area contributed by atoms with Gasteiger partial charge in [-0.1, -0.05) is 22.8 Å². The van der Waals surface area contributed by atoms with Crippen LogP contribution in [-0.4, -0.2) is 23.2 Å². The number of aromatic nitrogens is 2. The molecule has 1 saturated heterocycles. The lowest BCUT2D eigenvalue weighted by molar-refractivity contribution is 0.392. The third-order valence-electron chi connectivity index (χ3n) is 3.50. The molecule has 1 aromatic heterocycles. The molecule has 1 fully saturated rings. The first-order valence-corrected chi connectivity index (χ1v) is 6.92. The number of aryl methyl sites for hydroxylation is 1. The van der Waals surface area contributed by atoms with Crippen molar-refractivity contribution in [3.8, 4) is 11.5 Å². The molecule has 0 amide bonds. The Morgan fingerprint density at radius 2 is 2.11 bits per heavy atom. The van der Waals surface area contributed by atoms with Gasteiger partial charge >= 0.3 is 0 Å². The maximum absolute atomic E-state index is 6.22. The van der Waals surface area contributed by atoms with Crippen molar-refractivity contribution in [1.82, 2.24) is 15.5 Å². The summed E-state index contributed by atoms with van der Waals surface area (Å²) in [5, 5.41) is 8.09. The molecule has 0 atom stereocenters. The Morgan fingerprint density at radius 1 is 1.32 bits per heavy atom. The van der Waals surface area contributed by atoms with E-state index in [2.05, 4.69) is 15.5 Å². The summed E-state index contributed by atoms with van der Waals surface area (Å²) in [6.07, 6.45) is 2.11. The second-order valence-corrected chi connectivity index (χ2v) is 5.37. The fourth-order valence-electron chi connectivity index (χ4n) is 2.38. The van der Waals surface area contributed by atoms with Crippen LogP contribution in [0.3, 0.4) is 0 Å². The molecule has 1 aromatic carbocycles. The molecular formula is C14H16ClN3O. The van der Waals surface area contributed by atoms with Gasteiger partial charge < -0.3 is 9.84 Å². The molecule has 100 valence electrons. The van der Waals surface area contributed by atoms with Crippen molar-refractivity contribution in [3.63, 3.8) is 0 Å². The van der Waals surface area contributed by atoms with Gasteiger partial charge in [-0.05, 0) is 50.6 Å². The highest BCUT2D eigenvalue weighted by atomic mass is 35.5. The van der Waals surface area contributed by atoms with Crippen LogP contribution in [0.1, 0.15) is 30.1 Å². The first kappa shape index (κ1) is 12.6. The molecule has 2 aromatic rings. The van der Waals surface area contributed by atoms with Gasteiger partial charge in [-0.3, -0.25) is 0 Å². The maximum atomic E-state index is 6.22.